The van der Waals surface area contributed by atoms with Crippen LogP contribution in [0.25, 0.3) is 0 Å². The van der Waals surface area contributed by atoms with E-state index in [2.05, 4.69) is 0 Å². The Balaban J connectivity index is 1.38. The monoisotopic (exact) mass is 542 g/mol. The summed E-state index contributed by atoms with van der Waals surface area (Å²) in [6.07, 6.45) is 4.45. The number of allylic oxidation sites excluding steroid dienone is 2. The molecule has 8 nitrogen and oxygen atoms in total. The molecule has 39 heavy (non-hydrogen) atoms. The van der Waals surface area contributed by atoms with Gasteiger partial charge in [0.1, 0.15) is 12.3 Å². The number of hydrazine groups is 1. The van der Waals surface area contributed by atoms with E-state index in [-0.39, 0.29) is 21.9 Å². The number of nitrogens with zero attached hydrogens (tertiary/aromatic N) is 2. The highest BCUT2D eigenvalue weighted by atomic mass is 35.5. The van der Waals surface area contributed by atoms with E-state index < -0.39 is 47.9 Å². The Morgan fingerprint density at radius 1 is 0.795 bits per heavy atom. The third kappa shape index (κ3) is 5.24. The van der Waals surface area contributed by atoms with Gasteiger partial charge >= 0.3 is 5.97 Å². The number of rotatable bonds is 7. The largest absolute Gasteiger partial charge is 0.423 e. The Bertz CT molecular complexity index is 1460. The maximum atomic E-state index is 13.6. The summed E-state index contributed by atoms with van der Waals surface area (Å²) in [6.45, 7) is -0.572. The van der Waals surface area contributed by atoms with E-state index in [9.17, 15) is 24.0 Å². The van der Waals surface area contributed by atoms with E-state index in [1.807, 2.05) is 12.2 Å². The third-order valence-corrected chi connectivity index (χ3v) is 7.08. The van der Waals surface area contributed by atoms with E-state index in [1.165, 1.54) is 36.4 Å². The second-order valence-electron chi connectivity index (χ2n) is 9.19. The number of carbonyl (C=O) groups excluding carboxylic acids is 5. The molecular weight excluding hydrogens is 520 g/mol. The summed E-state index contributed by atoms with van der Waals surface area (Å²) in [5, 5.41) is 1.82. The van der Waals surface area contributed by atoms with Crippen LogP contribution in [0.2, 0.25) is 5.02 Å². The van der Waals surface area contributed by atoms with Gasteiger partial charge < -0.3 is 4.74 Å². The fourth-order valence-electron chi connectivity index (χ4n) is 4.70. The first-order chi connectivity index (χ1) is 18.8. The van der Waals surface area contributed by atoms with E-state index >= 15 is 0 Å². The molecule has 196 valence electrons. The molecule has 0 N–H and O–H groups in total. The highest BCUT2D eigenvalue weighted by Crippen LogP contribution is 2.36. The van der Waals surface area contributed by atoms with Crippen LogP contribution >= 0.6 is 11.6 Å². The minimum absolute atomic E-state index is 0.0590. The van der Waals surface area contributed by atoms with Crippen LogP contribution in [0, 0.1) is 11.8 Å². The molecule has 1 saturated heterocycles. The predicted octanol–water partition coefficient (Wildman–Crippen LogP) is 4.75. The van der Waals surface area contributed by atoms with Gasteiger partial charge in [-0.25, -0.2) is 9.80 Å². The zero-order chi connectivity index (χ0) is 27.5. The number of hydrogen-bond donors (Lipinski definition) is 0. The van der Waals surface area contributed by atoms with Crippen molar-refractivity contribution in [3.8, 4) is 5.75 Å². The quantitative estimate of drug-likeness (QED) is 0.140. The van der Waals surface area contributed by atoms with Crippen molar-refractivity contribution in [3.63, 3.8) is 0 Å². The summed E-state index contributed by atoms with van der Waals surface area (Å²) < 4.78 is 5.36. The van der Waals surface area contributed by atoms with Crippen molar-refractivity contribution in [2.75, 3.05) is 6.54 Å². The molecule has 0 bridgehead atoms. The molecule has 0 unspecified atom stereocenters. The van der Waals surface area contributed by atoms with Gasteiger partial charge in [-0.05, 0) is 61.4 Å². The molecule has 2 atom stereocenters. The van der Waals surface area contributed by atoms with Crippen molar-refractivity contribution in [1.29, 1.82) is 0 Å². The minimum Gasteiger partial charge on any atom is -0.423 e. The van der Waals surface area contributed by atoms with E-state index in [1.54, 1.807) is 42.5 Å². The van der Waals surface area contributed by atoms with Gasteiger partial charge in [-0.2, -0.15) is 5.01 Å². The van der Waals surface area contributed by atoms with Gasteiger partial charge in [0.2, 0.25) is 0 Å². The molecule has 3 aromatic carbocycles. The van der Waals surface area contributed by atoms with Crippen LogP contribution in [0.5, 0.6) is 5.75 Å². The summed E-state index contributed by atoms with van der Waals surface area (Å²) in [4.78, 5) is 65.8. The topological polar surface area (TPSA) is 101 Å². The Morgan fingerprint density at radius 2 is 1.38 bits per heavy atom. The van der Waals surface area contributed by atoms with Gasteiger partial charge in [0.25, 0.3) is 17.7 Å². The van der Waals surface area contributed by atoms with Crippen LogP contribution in [0.1, 0.15) is 43.9 Å². The number of Topliss-reactive ketones (excluding diaryl/α,β-unsaturated/α-hetero) is 1. The summed E-state index contributed by atoms with van der Waals surface area (Å²) >= 11 is 6.25. The van der Waals surface area contributed by atoms with Crippen LogP contribution in [0.3, 0.4) is 0 Å². The number of benzene rings is 3. The van der Waals surface area contributed by atoms with Gasteiger partial charge in [0, 0.05) is 5.56 Å². The predicted molar refractivity (Wildman–Crippen MR) is 142 cm³/mol. The van der Waals surface area contributed by atoms with Crippen molar-refractivity contribution >= 4 is 41.1 Å². The lowest BCUT2D eigenvalue weighted by molar-refractivity contribution is -0.154. The first-order valence-electron chi connectivity index (χ1n) is 12.3. The van der Waals surface area contributed by atoms with E-state index in [4.69, 9.17) is 16.3 Å². The van der Waals surface area contributed by atoms with E-state index in [0.717, 1.165) is 10.0 Å². The van der Waals surface area contributed by atoms with Crippen molar-refractivity contribution in [2.45, 2.75) is 12.8 Å². The van der Waals surface area contributed by atoms with Crippen LogP contribution < -0.4 is 4.74 Å². The van der Waals surface area contributed by atoms with Crippen LogP contribution in [0.4, 0.5) is 0 Å². The standard InChI is InChI=1S/C30H23ClN2O6/c31-25-13-7-6-12-24(25)27(35)32(33-28(36)22-10-4-5-11-23(22)29(33)37)18-26(34)19-14-16-21(17-15-19)39-30(38)20-8-2-1-3-9-20/h1-9,12-17,22-23H,10-11,18H2/t22-,23-/m0/s1. The number of carbonyl (C=O) groups is 5. The third-order valence-electron chi connectivity index (χ3n) is 6.75. The molecule has 3 aromatic rings. The second kappa shape index (κ2) is 11.0. The molecule has 0 spiro atoms. The van der Waals surface area contributed by atoms with Crippen molar-refractivity contribution < 1.29 is 28.7 Å². The van der Waals surface area contributed by atoms with Gasteiger partial charge in [0.05, 0.1) is 28.0 Å². The number of amides is 3. The zero-order valence-corrected chi connectivity index (χ0v) is 21.4. The fourth-order valence-corrected chi connectivity index (χ4v) is 4.92. The summed E-state index contributed by atoms with van der Waals surface area (Å²) in [5.74, 6) is -3.80. The van der Waals surface area contributed by atoms with Crippen molar-refractivity contribution in [2.24, 2.45) is 11.8 Å². The number of halogens is 1. The Kier molecular flexibility index (Phi) is 7.38. The summed E-state index contributed by atoms with van der Waals surface area (Å²) in [5.41, 5.74) is 0.635. The van der Waals surface area contributed by atoms with E-state index in [0.29, 0.717) is 18.4 Å². The lowest BCUT2D eigenvalue weighted by Crippen LogP contribution is -2.52. The smallest absolute Gasteiger partial charge is 0.343 e. The molecule has 1 aliphatic heterocycles. The Morgan fingerprint density at radius 3 is 2.00 bits per heavy atom. The molecule has 5 rings (SSSR count). The number of fused-ring (bicyclic) bond motifs is 1. The van der Waals surface area contributed by atoms with Gasteiger partial charge in [0.15, 0.2) is 5.78 Å². The highest BCUT2D eigenvalue weighted by molar-refractivity contribution is 6.34. The molecule has 1 aliphatic carbocycles. The lowest BCUT2D eigenvalue weighted by Gasteiger charge is -2.30. The fraction of sp³-hybridized carbons (Fsp3) is 0.167. The average molecular weight is 543 g/mol. The maximum Gasteiger partial charge on any atom is 0.343 e. The molecule has 0 saturated carbocycles. The molecule has 0 aromatic heterocycles. The van der Waals surface area contributed by atoms with Crippen LogP contribution in [-0.4, -0.2) is 46.0 Å². The Labute approximate surface area is 229 Å². The zero-order valence-electron chi connectivity index (χ0n) is 20.7. The summed E-state index contributed by atoms with van der Waals surface area (Å²) in [7, 11) is 0. The van der Waals surface area contributed by atoms with Gasteiger partial charge in [-0.3, -0.25) is 19.2 Å². The number of esters is 1. The minimum atomic E-state index is -0.740. The Hall–Kier alpha value is -4.56. The first-order valence-corrected chi connectivity index (χ1v) is 12.7. The summed E-state index contributed by atoms with van der Waals surface area (Å²) in [6, 6.07) is 20.5. The van der Waals surface area contributed by atoms with Crippen LogP contribution in [-0.2, 0) is 9.59 Å². The lowest BCUT2D eigenvalue weighted by atomic mass is 9.85. The molecular formula is C30H23ClN2O6. The normalized spacial score (nSPS) is 18.0. The SMILES string of the molecule is O=C(CN(C(=O)c1ccccc1Cl)N1C(=O)[C@H]2CC=CC[C@@H]2C1=O)c1ccc(OC(=O)c2ccccc2)cc1. The molecule has 0 radical (unpaired) electrons. The first kappa shape index (κ1) is 26.1. The number of hydrogen-bond acceptors (Lipinski definition) is 6. The van der Waals surface area contributed by atoms with Crippen molar-refractivity contribution in [3.05, 3.63) is 113 Å². The van der Waals surface area contributed by atoms with Gasteiger partial charge in [-0.1, -0.05) is 54.1 Å². The molecule has 1 heterocycles. The highest BCUT2D eigenvalue weighted by Gasteiger charge is 2.51. The maximum absolute atomic E-state index is 13.6. The number of imide groups is 1. The molecule has 9 heteroatoms. The number of ether oxygens (including phenoxy) is 1. The average Bonchev–Trinajstić information content (AvgIpc) is 3.21. The number of ketones is 1. The molecule has 3 amide bonds. The van der Waals surface area contributed by atoms with Crippen molar-refractivity contribution in [1.82, 2.24) is 10.0 Å². The van der Waals surface area contributed by atoms with Crippen LogP contribution in [0.15, 0.2) is 91.0 Å². The van der Waals surface area contributed by atoms with Gasteiger partial charge in [-0.15, -0.1) is 0 Å². The molecule has 1 fully saturated rings. The second-order valence-corrected chi connectivity index (χ2v) is 9.60. The molecule has 2 aliphatic rings.